The van der Waals surface area contributed by atoms with Crippen molar-refractivity contribution >= 4 is 19.5 Å². The largest absolute Gasteiger partial charge is 0.497 e. The second-order valence-corrected chi connectivity index (χ2v) is 8.96. The molecule has 3 atom stereocenters. The molecule has 164 valence electrons. The molecule has 0 bridgehead atoms. The minimum atomic E-state index is -4.45. The lowest BCUT2D eigenvalue weighted by atomic mass is 10.1. The maximum atomic E-state index is 12.8. The highest BCUT2D eigenvalue weighted by atomic mass is 31.2. The van der Waals surface area contributed by atoms with E-state index in [0.717, 1.165) is 0 Å². The van der Waals surface area contributed by atoms with Crippen LogP contribution in [0.1, 0.15) is 38.7 Å². The average molecular weight is 430 g/mol. The molecule has 0 spiro atoms. The number of carbonyl (C=O) groups excluding carboxylic acids is 1. The Morgan fingerprint density at radius 2 is 1.83 bits per heavy atom. The topological polar surface area (TPSA) is 148 Å². The first-order valence-electron chi connectivity index (χ1n) is 9.46. The zero-order valence-corrected chi connectivity index (χ0v) is 17.9. The number of benzene rings is 1. The van der Waals surface area contributed by atoms with Gasteiger partial charge in [0.1, 0.15) is 11.5 Å². The summed E-state index contributed by atoms with van der Waals surface area (Å²) < 4.78 is 22.9. The molecule has 0 aliphatic rings. The standard InChI is InChI=1S/C19H31N2O7P/c1-13(2)18(21-17(22)12-14-7-9-15(27-3)10-8-14)29(25,26)28-16(19(23)24)6-4-5-11-20/h7-10,13,16,18H,4-6,11-12,20H2,1-3H3,(H,21,22)(H,23,24)(H,25,26)/t16-,18?/m1/s1. The summed E-state index contributed by atoms with van der Waals surface area (Å²) in [5.41, 5.74) is 6.09. The Balaban J connectivity index is 2.82. The second kappa shape index (κ2) is 11.9. The van der Waals surface area contributed by atoms with Gasteiger partial charge in [0.15, 0.2) is 6.10 Å². The summed E-state index contributed by atoms with van der Waals surface area (Å²) in [5.74, 6) is -2.84. The quantitative estimate of drug-likeness (QED) is 0.275. The van der Waals surface area contributed by atoms with Gasteiger partial charge in [0.05, 0.1) is 13.5 Å². The second-order valence-electron chi connectivity index (χ2n) is 7.06. The molecular weight excluding hydrogens is 399 g/mol. The number of carboxylic acids is 1. The van der Waals surface area contributed by atoms with Crippen LogP contribution in [0.2, 0.25) is 0 Å². The highest BCUT2D eigenvalue weighted by Crippen LogP contribution is 2.50. The first-order valence-corrected chi connectivity index (χ1v) is 11.1. The van der Waals surface area contributed by atoms with Gasteiger partial charge in [-0.2, -0.15) is 0 Å². The monoisotopic (exact) mass is 430 g/mol. The number of aliphatic carboxylic acids is 1. The third-order valence-electron chi connectivity index (χ3n) is 4.29. The zero-order chi connectivity index (χ0) is 22.0. The number of carbonyl (C=O) groups is 2. The van der Waals surface area contributed by atoms with E-state index in [1.165, 1.54) is 7.11 Å². The number of nitrogens with one attached hydrogen (secondary N) is 1. The fourth-order valence-corrected chi connectivity index (χ4v) is 4.46. The maximum Gasteiger partial charge on any atom is 0.351 e. The summed E-state index contributed by atoms with van der Waals surface area (Å²) >= 11 is 0. The summed E-state index contributed by atoms with van der Waals surface area (Å²) in [7, 11) is -2.92. The van der Waals surface area contributed by atoms with Gasteiger partial charge >= 0.3 is 13.6 Å². The molecule has 1 rings (SSSR count). The van der Waals surface area contributed by atoms with Crippen molar-refractivity contribution in [2.24, 2.45) is 11.7 Å². The van der Waals surface area contributed by atoms with Crippen molar-refractivity contribution in [2.45, 2.75) is 51.4 Å². The molecule has 0 radical (unpaired) electrons. The average Bonchev–Trinajstić information content (AvgIpc) is 2.65. The highest BCUT2D eigenvalue weighted by Gasteiger charge is 2.40. The molecule has 2 unspecified atom stereocenters. The molecule has 0 aromatic heterocycles. The molecule has 1 amide bonds. The lowest BCUT2D eigenvalue weighted by Gasteiger charge is -2.28. The van der Waals surface area contributed by atoms with Crippen LogP contribution >= 0.6 is 7.60 Å². The normalized spacial score (nSPS) is 15.4. The van der Waals surface area contributed by atoms with Gasteiger partial charge in [-0.1, -0.05) is 26.0 Å². The van der Waals surface area contributed by atoms with Gasteiger partial charge in [-0.05, 0) is 49.4 Å². The van der Waals surface area contributed by atoms with E-state index >= 15 is 0 Å². The molecule has 0 heterocycles. The smallest absolute Gasteiger partial charge is 0.351 e. The van der Waals surface area contributed by atoms with Gasteiger partial charge in [-0.25, -0.2) is 4.79 Å². The number of ether oxygens (including phenoxy) is 1. The van der Waals surface area contributed by atoms with Crippen molar-refractivity contribution in [3.05, 3.63) is 29.8 Å². The predicted molar refractivity (Wildman–Crippen MR) is 109 cm³/mol. The van der Waals surface area contributed by atoms with Crippen LogP contribution in [-0.4, -0.2) is 47.4 Å². The van der Waals surface area contributed by atoms with Gasteiger partial charge < -0.3 is 25.8 Å². The van der Waals surface area contributed by atoms with Gasteiger partial charge in [0.2, 0.25) is 5.91 Å². The van der Waals surface area contributed by atoms with Gasteiger partial charge in [0.25, 0.3) is 0 Å². The number of hydrogen-bond donors (Lipinski definition) is 4. The SMILES string of the molecule is COc1ccc(CC(=O)NC(C(C)C)P(=O)(O)O[C@H](CCCCN)C(=O)O)cc1. The lowest BCUT2D eigenvalue weighted by Crippen LogP contribution is -2.40. The van der Waals surface area contributed by atoms with Crippen molar-refractivity contribution in [1.82, 2.24) is 5.32 Å². The van der Waals surface area contributed by atoms with E-state index in [2.05, 4.69) is 5.32 Å². The molecule has 9 nitrogen and oxygen atoms in total. The Kier molecular flexibility index (Phi) is 10.3. The Hall–Kier alpha value is -1.93. The van der Waals surface area contributed by atoms with Crippen LogP contribution in [0.5, 0.6) is 5.75 Å². The number of hydrogen-bond acceptors (Lipinski definition) is 6. The van der Waals surface area contributed by atoms with Crippen LogP contribution < -0.4 is 15.8 Å². The predicted octanol–water partition coefficient (Wildman–Crippen LogP) is 2.12. The van der Waals surface area contributed by atoms with E-state index in [4.69, 9.17) is 15.0 Å². The van der Waals surface area contributed by atoms with E-state index in [1.807, 2.05) is 0 Å². The van der Waals surface area contributed by atoms with Crippen LogP contribution in [0.15, 0.2) is 24.3 Å². The fourth-order valence-electron chi connectivity index (χ4n) is 2.71. The number of rotatable bonds is 13. The first kappa shape index (κ1) is 25.1. The van der Waals surface area contributed by atoms with Crippen LogP contribution in [0.3, 0.4) is 0 Å². The number of unbranched alkanes of at least 4 members (excludes halogenated alkanes) is 1. The summed E-state index contributed by atoms with van der Waals surface area (Å²) in [5, 5.41) is 11.8. The molecular formula is C19H31N2O7P. The molecule has 10 heteroatoms. The fraction of sp³-hybridized carbons (Fsp3) is 0.579. The Bertz CT molecular complexity index is 709. The minimum Gasteiger partial charge on any atom is -0.497 e. The third-order valence-corrected chi connectivity index (χ3v) is 6.27. The zero-order valence-electron chi connectivity index (χ0n) is 17.0. The van der Waals surface area contributed by atoms with E-state index in [9.17, 15) is 24.2 Å². The number of amides is 1. The first-order chi connectivity index (χ1) is 13.6. The van der Waals surface area contributed by atoms with Crippen LogP contribution in [0.25, 0.3) is 0 Å². The summed E-state index contributed by atoms with van der Waals surface area (Å²) in [6.07, 6.45) is -0.371. The maximum absolute atomic E-state index is 12.8. The molecule has 29 heavy (non-hydrogen) atoms. The molecule has 5 N–H and O–H groups in total. The van der Waals surface area contributed by atoms with Crippen molar-refractivity contribution in [3.63, 3.8) is 0 Å². The van der Waals surface area contributed by atoms with E-state index < -0.39 is 37.3 Å². The highest BCUT2D eigenvalue weighted by molar-refractivity contribution is 7.53. The summed E-state index contributed by atoms with van der Waals surface area (Å²) in [4.78, 5) is 34.2. The molecule has 0 fully saturated rings. The van der Waals surface area contributed by atoms with Crippen molar-refractivity contribution in [1.29, 1.82) is 0 Å². The van der Waals surface area contributed by atoms with Crippen molar-refractivity contribution in [2.75, 3.05) is 13.7 Å². The van der Waals surface area contributed by atoms with Crippen LogP contribution in [-0.2, 0) is 25.1 Å². The van der Waals surface area contributed by atoms with E-state index in [-0.39, 0.29) is 12.8 Å². The van der Waals surface area contributed by atoms with Crippen molar-refractivity contribution in [3.8, 4) is 5.75 Å². The van der Waals surface area contributed by atoms with Crippen LogP contribution in [0.4, 0.5) is 0 Å². The van der Waals surface area contributed by atoms with Crippen LogP contribution in [0, 0.1) is 5.92 Å². The molecule has 0 aliphatic carbocycles. The Labute approximate surface area is 171 Å². The minimum absolute atomic E-state index is 0.00786. The van der Waals surface area contributed by atoms with Gasteiger partial charge in [-0.3, -0.25) is 13.9 Å². The lowest BCUT2D eigenvalue weighted by molar-refractivity contribution is -0.145. The molecule has 1 aromatic rings. The number of methoxy groups -OCH3 is 1. The number of nitrogens with two attached hydrogens (primary N) is 1. The van der Waals surface area contributed by atoms with E-state index in [1.54, 1.807) is 38.1 Å². The Morgan fingerprint density at radius 3 is 2.31 bits per heavy atom. The van der Waals surface area contributed by atoms with Gasteiger partial charge in [0, 0.05) is 0 Å². The van der Waals surface area contributed by atoms with Gasteiger partial charge in [-0.15, -0.1) is 0 Å². The number of carboxylic acid groups (broad SMARTS) is 1. The molecule has 1 aromatic carbocycles. The van der Waals surface area contributed by atoms with Crippen molar-refractivity contribution < 1.29 is 33.4 Å². The molecule has 0 saturated heterocycles. The Morgan fingerprint density at radius 1 is 1.21 bits per heavy atom. The molecule has 0 saturated carbocycles. The summed E-state index contributed by atoms with van der Waals surface area (Å²) in [6.45, 7) is 3.68. The van der Waals surface area contributed by atoms with E-state index in [0.29, 0.717) is 30.7 Å². The molecule has 0 aliphatic heterocycles. The summed E-state index contributed by atoms with van der Waals surface area (Å²) in [6, 6.07) is 6.86. The third kappa shape index (κ3) is 8.53.